The van der Waals surface area contributed by atoms with Crippen molar-refractivity contribution in [1.82, 2.24) is 10.9 Å². The number of rotatable bonds is 14. The van der Waals surface area contributed by atoms with Crippen molar-refractivity contribution in [2.24, 2.45) is 4.99 Å². The molecule has 250 valence electrons. The Labute approximate surface area is 284 Å². The number of aliphatic hydroxyl groups excluding tert-OH is 1. The van der Waals surface area contributed by atoms with E-state index in [9.17, 15) is 18.0 Å². The molecule has 0 spiro atoms. The number of halogens is 4. The number of aliphatic imine (C=N–C) groups is 1. The molecular weight excluding hydrogens is 691 g/mol. The van der Waals surface area contributed by atoms with Crippen molar-refractivity contribution < 1.29 is 37.3 Å². The van der Waals surface area contributed by atoms with Gasteiger partial charge in [0.05, 0.1) is 6.61 Å². The lowest BCUT2D eigenvalue weighted by Crippen LogP contribution is -2.52. The fourth-order valence-electron chi connectivity index (χ4n) is 5.06. The summed E-state index contributed by atoms with van der Waals surface area (Å²) in [5, 5.41) is 9.05. The van der Waals surface area contributed by atoms with Crippen LogP contribution in [-0.2, 0) is 16.1 Å². The minimum absolute atomic E-state index is 0.0279. The molecule has 5 rings (SSSR count). The van der Waals surface area contributed by atoms with Crippen LogP contribution in [0.3, 0.4) is 0 Å². The first kappa shape index (κ1) is 34.7. The van der Waals surface area contributed by atoms with E-state index in [1.54, 1.807) is 24.3 Å². The topological polar surface area (TPSA) is 101 Å². The van der Waals surface area contributed by atoms with E-state index in [0.717, 1.165) is 10.0 Å². The van der Waals surface area contributed by atoms with Gasteiger partial charge in [0, 0.05) is 41.6 Å². The molecule has 4 aromatic carbocycles. The number of amides is 1. The van der Waals surface area contributed by atoms with Gasteiger partial charge < -0.3 is 19.3 Å². The van der Waals surface area contributed by atoms with E-state index >= 15 is 0 Å². The molecule has 0 aromatic heterocycles. The molecule has 48 heavy (non-hydrogen) atoms. The lowest BCUT2D eigenvalue weighted by molar-refractivity contribution is -0.274. The smallest absolute Gasteiger partial charge is 0.494 e. The number of hydrogen-bond donors (Lipinski definition) is 3. The summed E-state index contributed by atoms with van der Waals surface area (Å²) in [4.78, 5) is 19.3. The first-order valence-corrected chi connectivity index (χ1v) is 15.9. The Balaban J connectivity index is 1.44. The maximum Gasteiger partial charge on any atom is 0.573 e. The maximum absolute atomic E-state index is 14.3. The van der Waals surface area contributed by atoms with Crippen molar-refractivity contribution in [2.45, 2.75) is 37.4 Å². The highest BCUT2D eigenvalue weighted by Gasteiger charge is 2.53. The van der Waals surface area contributed by atoms with E-state index < -0.39 is 23.9 Å². The van der Waals surface area contributed by atoms with Crippen molar-refractivity contribution in [2.75, 3.05) is 13.2 Å². The monoisotopic (exact) mass is 723 g/mol. The number of nitrogens with zero attached hydrogens (tertiary/aromatic N) is 1. The molecular formula is C36H33BrF3N3O5. The van der Waals surface area contributed by atoms with Crippen LogP contribution < -0.4 is 20.3 Å². The van der Waals surface area contributed by atoms with E-state index in [1.807, 2.05) is 66.7 Å². The molecule has 0 saturated heterocycles. The lowest BCUT2D eigenvalue weighted by atomic mass is 9.84. The third kappa shape index (κ3) is 9.03. The summed E-state index contributed by atoms with van der Waals surface area (Å²) in [7, 11) is 0. The zero-order valence-corrected chi connectivity index (χ0v) is 27.2. The molecule has 8 nitrogen and oxygen atoms in total. The minimum atomic E-state index is -4.79. The van der Waals surface area contributed by atoms with Crippen LogP contribution in [0.1, 0.15) is 41.2 Å². The van der Waals surface area contributed by atoms with Crippen LogP contribution in [0.25, 0.3) is 6.08 Å². The van der Waals surface area contributed by atoms with Gasteiger partial charge in [-0.15, -0.1) is 13.2 Å². The lowest BCUT2D eigenvalue weighted by Gasteiger charge is -2.30. The van der Waals surface area contributed by atoms with Crippen LogP contribution in [0.5, 0.6) is 11.5 Å². The van der Waals surface area contributed by atoms with E-state index in [4.69, 9.17) is 19.6 Å². The number of hydrogen-bond acceptors (Lipinski definition) is 7. The number of carbonyl (C=O) groups is 1. The quantitative estimate of drug-likeness (QED) is 0.0934. The summed E-state index contributed by atoms with van der Waals surface area (Å²) in [6.45, 7) is 0.510. The summed E-state index contributed by atoms with van der Waals surface area (Å²) in [5.41, 5.74) is 7.09. The van der Waals surface area contributed by atoms with Crippen molar-refractivity contribution in [3.63, 3.8) is 0 Å². The minimum Gasteiger partial charge on any atom is -0.494 e. The highest BCUT2D eigenvalue weighted by molar-refractivity contribution is 9.10. The van der Waals surface area contributed by atoms with Crippen molar-refractivity contribution >= 4 is 33.8 Å². The zero-order valence-electron chi connectivity index (χ0n) is 25.6. The molecule has 1 amide bonds. The van der Waals surface area contributed by atoms with Gasteiger partial charge in [0.15, 0.2) is 11.6 Å². The van der Waals surface area contributed by atoms with Gasteiger partial charge in [-0.05, 0) is 53.6 Å². The third-order valence-corrected chi connectivity index (χ3v) is 8.13. The molecule has 2 atom stereocenters. The Bertz CT molecular complexity index is 1720. The first-order valence-electron chi connectivity index (χ1n) is 15.1. The number of nitrogens with one attached hydrogen (secondary N) is 2. The van der Waals surface area contributed by atoms with Crippen LogP contribution in [0, 0.1) is 0 Å². The Morgan fingerprint density at radius 3 is 2.33 bits per heavy atom. The summed E-state index contributed by atoms with van der Waals surface area (Å²) in [6, 6.07) is 29.6. The van der Waals surface area contributed by atoms with Gasteiger partial charge in [-0.25, -0.2) is 10.4 Å². The zero-order chi connectivity index (χ0) is 34.0. The second-order valence-corrected chi connectivity index (χ2v) is 11.7. The van der Waals surface area contributed by atoms with Crippen LogP contribution in [0.4, 0.5) is 13.2 Å². The summed E-state index contributed by atoms with van der Waals surface area (Å²) in [5.74, 6) is 0.0636. The summed E-state index contributed by atoms with van der Waals surface area (Å²) in [6.07, 6.45) is -1.17. The van der Waals surface area contributed by atoms with E-state index in [0.29, 0.717) is 35.5 Å². The van der Waals surface area contributed by atoms with Crippen molar-refractivity contribution in [3.05, 3.63) is 136 Å². The van der Waals surface area contributed by atoms with Crippen molar-refractivity contribution in [3.8, 4) is 11.5 Å². The molecule has 0 aliphatic carbocycles. The van der Waals surface area contributed by atoms with Gasteiger partial charge in [-0.2, -0.15) is 0 Å². The summed E-state index contributed by atoms with van der Waals surface area (Å²) < 4.78 is 54.6. The molecule has 3 N–H and O–H groups in total. The maximum atomic E-state index is 14.3. The number of carbonyl (C=O) groups excluding carboxylic acids is 1. The highest BCUT2D eigenvalue weighted by Crippen LogP contribution is 2.45. The largest absolute Gasteiger partial charge is 0.573 e. The number of aliphatic hydroxyl groups is 1. The van der Waals surface area contributed by atoms with Crippen LogP contribution in [0.15, 0.2) is 119 Å². The third-order valence-electron chi connectivity index (χ3n) is 7.41. The Morgan fingerprint density at radius 1 is 0.958 bits per heavy atom. The first-order chi connectivity index (χ1) is 23.2. The second kappa shape index (κ2) is 16.0. The van der Waals surface area contributed by atoms with Gasteiger partial charge in [-0.3, -0.25) is 10.2 Å². The van der Waals surface area contributed by atoms with Crippen LogP contribution in [-0.4, -0.2) is 42.0 Å². The average molecular weight is 725 g/mol. The number of benzene rings is 4. The molecule has 0 saturated carbocycles. The standard InChI is InChI=1S/C36H33BrF3N3O5/c37-31-12-5-4-11-30(31)32-35(21-6-10-25-8-2-1-3-9-25,42-33(47-32)27-15-19-28(20-16-27)46-23-7-22-44)34(45)43-41-24-26-13-17-29(18-14-26)48-36(38,39)40/h1-6,8-20,32,41,44H,7,21-24H2,(H,43,45)/b10-6+/t32-,35-/m0/s1. The SMILES string of the molecule is O=C(NNCc1ccc(OC(F)(F)F)cc1)[C@@]1(C/C=C/c2ccccc2)N=C(c2ccc(OCCCO)cc2)O[C@H]1c1ccccc1Br. The van der Waals surface area contributed by atoms with Gasteiger partial charge in [0.25, 0.3) is 5.91 Å². The molecule has 0 radical (unpaired) electrons. The number of alkyl halides is 3. The van der Waals surface area contributed by atoms with Crippen LogP contribution in [0.2, 0.25) is 0 Å². The van der Waals surface area contributed by atoms with Gasteiger partial charge >= 0.3 is 6.36 Å². The normalized spacial score (nSPS) is 17.5. The van der Waals surface area contributed by atoms with Gasteiger partial charge in [-0.1, -0.05) is 88.7 Å². The highest BCUT2D eigenvalue weighted by atomic mass is 79.9. The van der Waals surface area contributed by atoms with Crippen molar-refractivity contribution in [1.29, 1.82) is 0 Å². The average Bonchev–Trinajstić information content (AvgIpc) is 3.46. The fraction of sp³-hybridized carbons (Fsp3) is 0.222. The number of ether oxygens (including phenoxy) is 3. The number of hydrazine groups is 1. The van der Waals surface area contributed by atoms with Gasteiger partial charge in [0.2, 0.25) is 5.90 Å². The summed E-state index contributed by atoms with van der Waals surface area (Å²) >= 11 is 3.62. The Kier molecular flexibility index (Phi) is 11.5. The van der Waals surface area contributed by atoms with E-state index in [2.05, 4.69) is 31.5 Å². The molecule has 1 aliphatic rings. The van der Waals surface area contributed by atoms with E-state index in [1.165, 1.54) is 24.3 Å². The molecule has 0 fully saturated rings. The fourth-order valence-corrected chi connectivity index (χ4v) is 5.56. The molecule has 0 bridgehead atoms. The molecule has 0 unspecified atom stereocenters. The molecule has 12 heteroatoms. The molecule has 1 aliphatic heterocycles. The Morgan fingerprint density at radius 2 is 1.65 bits per heavy atom. The molecule has 4 aromatic rings. The van der Waals surface area contributed by atoms with Gasteiger partial charge in [0.1, 0.15) is 11.5 Å². The van der Waals surface area contributed by atoms with E-state index in [-0.39, 0.29) is 31.2 Å². The second-order valence-electron chi connectivity index (χ2n) is 10.8. The predicted molar refractivity (Wildman–Crippen MR) is 179 cm³/mol. The predicted octanol–water partition coefficient (Wildman–Crippen LogP) is 7.29. The Hall–Kier alpha value is -4.65. The van der Waals surface area contributed by atoms with Crippen LogP contribution >= 0.6 is 15.9 Å². The molecule has 1 heterocycles.